The van der Waals surface area contributed by atoms with Crippen LogP contribution in [0.25, 0.3) is 5.69 Å². The molecule has 0 aliphatic carbocycles. The van der Waals surface area contributed by atoms with Crippen molar-refractivity contribution in [2.24, 2.45) is 0 Å². The first-order valence-corrected chi connectivity index (χ1v) is 16.8. The summed E-state index contributed by atoms with van der Waals surface area (Å²) in [6.45, 7) is 10.5. The number of ether oxygens (including phenoxy) is 5. The van der Waals surface area contributed by atoms with E-state index in [1.54, 1.807) is 13.4 Å². The second-order valence-corrected chi connectivity index (χ2v) is 11.5. The van der Waals surface area contributed by atoms with Gasteiger partial charge in [0.15, 0.2) is 28.2 Å². The van der Waals surface area contributed by atoms with Crippen LogP contribution in [0.2, 0.25) is 0 Å². The fraction of sp³-hybridized carbons (Fsp3) is 0.400. The van der Waals surface area contributed by atoms with E-state index in [0.29, 0.717) is 74.0 Å². The number of methoxy groups -OCH3 is 1. The fourth-order valence-corrected chi connectivity index (χ4v) is 6.54. The van der Waals surface area contributed by atoms with Gasteiger partial charge in [-0.15, -0.1) is 10.2 Å². The Morgan fingerprint density at radius 3 is 2.24 bits per heavy atom. The van der Waals surface area contributed by atoms with Gasteiger partial charge in [-0.05, 0) is 93.6 Å². The third-order valence-electron chi connectivity index (χ3n) is 7.71. The predicted molar refractivity (Wildman–Crippen MR) is 178 cm³/mol. The van der Waals surface area contributed by atoms with E-state index in [1.165, 1.54) is 11.8 Å². The standard InChI is InChI=1S/C35H42N4O6S/c1-6-42-30-15-14-24(19-31(30)43-7-2)18-28-26-21-33(45-9-4)32(44-8-3)20-25(26)16-17-38(28)34(40)22-46-35-37-36-23-39(35)27-12-10-11-13-29(27)41-5/h10-15,19-21,23,28H,6-9,16-18,22H2,1-5H3. The predicted octanol–water partition coefficient (Wildman–Crippen LogP) is 6.33. The minimum absolute atomic E-state index is 0.0121. The maximum absolute atomic E-state index is 14.1. The van der Waals surface area contributed by atoms with Gasteiger partial charge in [0.05, 0.1) is 51.0 Å². The number of para-hydroxylation sites is 2. The van der Waals surface area contributed by atoms with Crippen molar-refractivity contribution in [1.82, 2.24) is 19.7 Å². The highest BCUT2D eigenvalue weighted by Gasteiger charge is 2.33. The van der Waals surface area contributed by atoms with E-state index < -0.39 is 0 Å². The summed E-state index contributed by atoms with van der Waals surface area (Å²) in [5.74, 6) is 3.72. The molecule has 0 spiro atoms. The molecule has 1 amide bonds. The molecule has 0 fully saturated rings. The molecule has 244 valence electrons. The maximum atomic E-state index is 14.1. The Bertz CT molecular complexity index is 1630. The van der Waals surface area contributed by atoms with Gasteiger partial charge < -0.3 is 28.6 Å². The number of nitrogens with zero attached hydrogens (tertiary/aromatic N) is 4. The lowest BCUT2D eigenvalue weighted by atomic mass is 9.88. The van der Waals surface area contributed by atoms with E-state index >= 15 is 0 Å². The Balaban J connectivity index is 1.46. The van der Waals surface area contributed by atoms with Gasteiger partial charge in [-0.1, -0.05) is 30.0 Å². The quantitative estimate of drug-likeness (QED) is 0.137. The zero-order chi connectivity index (χ0) is 32.5. The first-order chi connectivity index (χ1) is 22.5. The van der Waals surface area contributed by atoms with Crippen LogP contribution in [0.5, 0.6) is 28.7 Å². The van der Waals surface area contributed by atoms with Gasteiger partial charge >= 0.3 is 0 Å². The third kappa shape index (κ3) is 7.36. The highest BCUT2D eigenvalue weighted by Crippen LogP contribution is 2.41. The number of carbonyl (C=O) groups is 1. The van der Waals surface area contributed by atoms with Crippen LogP contribution < -0.4 is 23.7 Å². The Kier molecular flexibility index (Phi) is 11.3. The number of hydrogen-bond donors (Lipinski definition) is 0. The molecule has 0 N–H and O–H groups in total. The van der Waals surface area contributed by atoms with E-state index in [4.69, 9.17) is 23.7 Å². The fourth-order valence-electron chi connectivity index (χ4n) is 5.74. The van der Waals surface area contributed by atoms with E-state index in [-0.39, 0.29) is 17.7 Å². The molecule has 2 heterocycles. The van der Waals surface area contributed by atoms with Gasteiger partial charge in [-0.3, -0.25) is 9.36 Å². The van der Waals surface area contributed by atoms with Crippen molar-refractivity contribution >= 4 is 17.7 Å². The van der Waals surface area contributed by atoms with Crippen molar-refractivity contribution in [1.29, 1.82) is 0 Å². The molecule has 0 radical (unpaired) electrons. The minimum Gasteiger partial charge on any atom is -0.495 e. The largest absolute Gasteiger partial charge is 0.495 e. The van der Waals surface area contributed by atoms with Crippen LogP contribution in [0.15, 0.2) is 66.1 Å². The summed E-state index contributed by atoms with van der Waals surface area (Å²) < 4.78 is 31.1. The van der Waals surface area contributed by atoms with Gasteiger partial charge in [-0.2, -0.15) is 0 Å². The summed E-state index contributed by atoms with van der Waals surface area (Å²) in [5.41, 5.74) is 4.06. The first-order valence-electron chi connectivity index (χ1n) is 15.8. The van der Waals surface area contributed by atoms with Crippen LogP contribution in [-0.2, 0) is 17.6 Å². The zero-order valence-corrected chi connectivity index (χ0v) is 28.0. The van der Waals surface area contributed by atoms with Crippen molar-refractivity contribution in [3.63, 3.8) is 0 Å². The average molecular weight is 647 g/mol. The molecule has 10 nitrogen and oxygen atoms in total. The van der Waals surface area contributed by atoms with E-state index in [1.807, 2.05) is 79.6 Å². The molecular weight excluding hydrogens is 604 g/mol. The lowest BCUT2D eigenvalue weighted by Crippen LogP contribution is -2.42. The molecule has 1 aliphatic heterocycles. The number of aromatic nitrogens is 3. The average Bonchev–Trinajstić information content (AvgIpc) is 3.54. The number of benzene rings is 3. The van der Waals surface area contributed by atoms with Crippen LogP contribution in [-0.4, -0.2) is 71.4 Å². The van der Waals surface area contributed by atoms with Crippen molar-refractivity contribution < 1.29 is 28.5 Å². The van der Waals surface area contributed by atoms with Gasteiger partial charge in [-0.25, -0.2) is 0 Å². The van der Waals surface area contributed by atoms with Gasteiger partial charge in [0.2, 0.25) is 5.91 Å². The summed E-state index contributed by atoms with van der Waals surface area (Å²) in [6.07, 6.45) is 2.93. The summed E-state index contributed by atoms with van der Waals surface area (Å²) in [4.78, 5) is 16.1. The topological polar surface area (TPSA) is 97.2 Å². The normalized spacial score (nSPS) is 14.0. The Morgan fingerprint density at radius 1 is 0.848 bits per heavy atom. The first kappa shape index (κ1) is 33.0. The Morgan fingerprint density at radius 2 is 1.52 bits per heavy atom. The number of thioether (sulfide) groups is 1. The van der Waals surface area contributed by atoms with Crippen molar-refractivity contribution in [2.75, 3.05) is 45.8 Å². The third-order valence-corrected chi connectivity index (χ3v) is 8.63. The molecule has 46 heavy (non-hydrogen) atoms. The zero-order valence-electron chi connectivity index (χ0n) is 27.2. The van der Waals surface area contributed by atoms with E-state index in [2.05, 4.69) is 22.3 Å². The Labute approximate surface area is 275 Å². The van der Waals surface area contributed by atoms with Crippen molar-refractivity contribution in [3.8, 4) is 34.4 Å². The summed E-state index contributed by atoms with van der Waals surface area (Å²) in [5, 5.41) is 9.04. The van der Waals surface area contributed by atoms with Crippen molar-refractivity contribution in [2.45, 2.75) is 51.7 Å². The lowest BCUT2D eigenvalue weighted by Gasteiger charge is -2.38. The molecule has 0 bridgehead atoms. The molecule has 1 aromatic heterocycles. The molecule has 0 saturated heterocycles. The van der Waals surface area contributed by atoms with Crippen molar-refractivity contribution in [3.05, 3.63) is 77.6 Å². The van der Waals surface area contributed by atoms with Gasteiger partial charge in [0, 0.05) is 6.54 Å². The number of hydrogen-bond acceptors (Lipinski definition) is 9. The number of fused-ring (bicyclic) bond motifs is 1. The Hall–Kier alpha value is -4.38. The molecule has 1 aliphatic rings. The maximum Gasteiger partial charge on any atom is 0.233 e. The molecule has 3 aromatic carbocycles. The van der Waals surface area contributed by atoms with E-state index in [0.717, 1.165) is 28.1 Å². The van der Waals surface area contributed by atoms with Crippen LogP contribution in [0, 0.1) is 0 Å². The molecule has 1 atom stereocenters. The molecule has 1 unspecified atom stereocenters. The summed E-state index contributed by atoms with van der Waals surface area (Å²) in [7, 11) is 1.63. The highest BCUT2D eigenvalue weighted by atomic mass is 32.2. The van der Waals surface area contributed by atoms with Crippen LogP contribution in [0.4, 0.5) is 0 Å². The molecular formula is C35H42N4O6S. The number of rotatable bonds is 15. The lowest BCUT2D eigenvalue weighted by molar-refractivity contribution is -0.131. The smallest absolute Gasteiger partial charge is 0.233 e. The van der Waals surface area contributed by atoms with Gasteiger partial charge in [0.1, 0.15) is 12.1 Å². The van der Waals surface area contributed by atoms with E-state index in [9.17, 15) is 4.79 Å². The monoisotopic (exact) mass is 646 g/mol. The summed E-state index contributed by atoms with van der Waals surface area (Å²) in [6, 6.07) is 17.6. The molecule has 5 rings (SSSR count). The highest BCUT2D eigenvalue weighted by molar-refractivity contribution is 7.99. The van der Waals surface area contributed by atoms with Crippen LogP contribution in [0.1, 0.15) is 50.4 Å². The SMILES string of the molecule is CCOc1ccc(CC2c3cc(OCC)c(OCC)cc3CCN2C(=O)CSc2nncn2-c2ccccc2OC)cc1OCC. The number of amides is 1. The minimum atomic E-state index is -0.230. The van der Waals surface area contributed by atoms with Crippen LogP contribution in [0.3, 0.4) is 0 Å². The molecule has 4 aromatic rings. The second-order valence-electron chi connectivity index (χ2n) is 10.5. The second kappa shape index (κ2) is 15.8. The number of carbonyl (C=O) groups excluding carboxylic acids is 1. The van der Waals surface area contributed by atoms with Gasteiger partial charge in [0.25, 0.3) is 0 Å². The molecule has 0 saturated carbocycles. The molecule has 11 heteroatoms. The van der Waals surface area contributed by atoms with Crippen LogP contribution >= 0.6 is 11.8 Å². The summed E-state index contributed by atoms with van der Waals surface area (Å²) >= 11 is 1.36.